The van der Waals surface area contributed by atoms with Gasteiger partial charge < -0.3 is 5.11 Å². The number of hydrogen-bond donors (Lipinski definition) is 1. The summed E-state index contributed by atoms with van der Waals surface area (Å²) in [5.41, 5.74) is 0. The molecule has 0 fully saturated rings. The predicted octanol–water partition coefficient (Wildman–Crippen LogP) is 2.73. The largest absolute Gasteiger partial charge is 0.384 e. The van der Waals surface area contributed by atoms with Crippen LogP contribution in [0.3, 0.4) is 0 Å². The van der Waals surface area contributed by atoms with E-state index in [1.54, 1.807) is 11.3 Å². The van der Waals surface area contributed by atoms with E-state index in [4.69, 9.17) is 5.11 Å². The fourth-order valence-corrected chi connectivity index (χ4v) is 2.61. The van der Waals surface area contributed by atoms with E-state index in [9.17, 15) is 0 Å². The lowest BCUT2D eigenvalue weighted by atomic mass is 10.4. The van der Waals surface area contributed by atoms with Crippen molar-refractivity contribution >= 4 is 23.1 Å². The molecule has 0 aliphatic carbocycles. The molecule has 1 N–H and O–H groups in total. The molecule has 0 amide bonds. The van der Waals surface area contributed by atoms with E-state index in [0.717, 1.165) is 10.6 Å². The van der Waals surface area contributed by atoms with Gasteiger partial charge >= 0.3 is 0 Å². The summed E-state index contributed by atoms with van der Waals surface area (Å²) in [6.45, 7) is 4.34. The first kappa shape index (κ1) is 11.6. The molecule has 0 atom stereocenters. The van der Waals surface area contributed by atoms with Crippen molar-refractivity contribution in [1.82, 2.24) is 0 Å². The molecule has 0 aromatic carbocycles. The number of aliphatic hydroxyl groups is 1. The van der Waals surface area contributed by atoms with Crippen molar-refractivity contribution in [3.8, 4) is 11.8 Å². The molecular weight excluding hydrogens is 212 g/mol. The minimum absolute atomic E-state index is 0.0615. The molecule has 0 bridgehead atoms. The quantitative estimate of drug-likeness (QED) is 0.800. The van der Waals surface area contributed by atoms with Gasteiger partial charge in [0.25, 0.3) is 0 Å². The minimum atomic E-state index is -0.0615. The lowest BCUT2D eigenvalue weighted by Crippen LogP contribution is -1.85. The second-order valence-corrected chi connectivity index (χ2v) is 5.82. The van der Waals surface area contributed by atoms with Gasteiger partial charge in [-0.15, -0.1) is 11.3 Å². The van der Waals surface area contributed by atoms with Crippen LogP contribution in [0.4, 0.5) is 0 Å². The number of hydrogen-bond acceptors (Lipinski definition) is 3. The highest BCUT2D eigenvalue weighted by atomic mass is 32.2. The van der Waals surface area contributed by atoms with Gasteiger partial charge in [-0.2, -0.15) is 11.8 Å². The van der Waals surface area contributed by atoms with Crippen LogP contribution in [0.5, 0.6) is 0 Å². The topological polar surface area (TPSA) is 20.2 Å². The maximum Gasteiger partial charge on any atom is 0.104 e. The van der Waals surface area contributed by atoms with Crippen molar-refractivity contribution in [1.29, 1.82) is 0 Å². The average Bonchev–Trinajstić information content (AvgIpc) is 2.59. The Bertz CT molecular complexity index is 331. The zero-order chi connectivity index (χ0) is 10.4. The van der Waals surface area contributed by atoms with E-state index < -0.39 is 0 Å². The van der Waals surface area contributed by atoms with Crippen molar-refractivity contribution in [2.45, 2.75) is 24.9 Å². The van der Waals surface area contributed by atoms with Gasteiger partial charge in [-0.05, 0) is 17.4 Å². The highest BCUT2D eigenvalue weighted by Gasteiger charge is 1.99. The summed E-state index contributed by atoms with van der Waals surface area (Å²) in [7, 11) is 0. The molecule has 1 aromatic heterocycles. The second-order valence-electron chi connectivity index (χ2n) is 3.09. The summed E-state index contributed by atoms with van der Waals surface area (Å²) < 4.78 is 0. The lowest BCUT2D eigenvalue weighted by molar-refractivity contribution is 0.350. The first-order valence-electron chi connectivity index (χ1n) is 4.52. The summed E-state index contributed by atoms with van der Waals surface area (Å²) in [4.78, 5) is 2.39. The molecule has 1 nitrogen and oxygen atoms in total. The van der Waals surface area contributed by atoms with Crippen LogP contribution in [-0.2, 0) is 5.75 Å². The summed E-state index contributed by atoms with van der Waals surface area (Å²) >= 11 is 3.64. The smallest absolute Gasteiger partial charge is 0.104 e. The van der Waals surface area contributed by atoms with Crippen molar-refractivity contribution in [3.63, 3.8) is 0 Å². The van der Waals surface area contributed by atoms with Gasteiger partial charge in [0.05, 0.1) is 4.88 Å². The molecule has 1 heterocycles. The summed E-state index contributed by atoms with van der Waals surface area (Å²) in [5, 5.41) is 9.21. The van der Waals surface area contributed by atoms with Crippen LogP contribution in [0.15, 0.2) is 12.1 Å². The highest BCUT2D eigenvalue weighted by molar-refractivity contribution is 7.99. The van der Waals surface area contributed by atoms with E-state index in [1.807, 2.05) is 17.8 Å². The lowest BCUT2D eigenvalue weighted by Gasteiger charge is -2.00. The van der Waals surface area contributed by atoms with Gasteiger partial charge in [0.2, 0.25) is 0 Å². The molecule has 0 saturated heterocycles. The molecule has 0 aliphatic rings. The standard InChI is InChI=1S/C11H14OS2/c1-9(2)13-8-11-6-5-10(14-11)4-3-7-12/h5-6,9,12H,7-8H2,1-2H3. The van der Waals surface area contributed by atoms with Crippen LogP contribution in [0.25, 0.3) is 0 Å². The Morgan fingerprint density at radius 2 is 2.29 bits per heavy atom. The Morgan fingerprint density at radius 1 is 1.50 bits per heavy atom. The van der Waals surface area contributed by atoms with Crippen molar-refractivity contribution in [2.24, 2.45) is 0 Å². The van der Waals surface area contributed by atoms with E-state index in [2.05, 4.69) is 31.8 Å². The predicted molar refractivity (Wildman–Crippen MR) is 64.7 cm³/mol. The number of rotatable bonds is 3. The second kappa shape index (κ2) is 6.13. The van der Waals surface area contributed by atoms with Crippen LogP contribution in [0.2, 0.25) is 0 Å². The third-order valence-corrected chi connectivity index (χ3v) is 3.84. The Morgan fingerprint density at radius 3 is 2.93 bits per heavy atom. The fourth-order valence-electron chi connectivity index (χ4n) is 0.898. The Hall–Kier alpha value is -0.430. The van der Waals surface area contributed by atoms with Gasteiger partial charge in [0.15, 0.2) is 0 Å². The van der Waals surface area contributed by atoms with Crippen LogP contribution >= 0.6 is 23.1 Å². The zero-order valence-electron chi connectivity index (χ0n) is 8.41. The molecule has 1 aromatic rings. The van der Waals surface area contributed by atoms with Crippen LogP contribution in [0, 0.1) is 11.8 Å². The van der Waals surface area contributed by atoms with Crippen LogP contribution in [-0.4, -0.2) is 17.0 Å². The normalized spacial score (nSPS) is 10.0. The molecule has 14 heavy (non-hydrogen) atoms. The SMILES string of the molecule is CC(C)SCc1ccc(C#CCO)s1. The Kier molecular flexibility index (Phi) is 5.10. The molecule has 0 unspecified atom stereocenters. The Labute approximate surface area is 93.5 Å². The van der Waals surface area contributed by atoms with E-state index in [0.29, 0.717) is 5.25 Å². The molecule has 1 rings (SSSR count). The fraction of sp³-hybridized carbons (Fsp3) is 0.455. The van der Waals surface area contributed by atoms with Gasteiger partial charge in [-0.25, -0.2) is 0 Å². The zero-order valence-corrected chi connectivity index (χ0v) is 10.0. The first-order valence-corrected chi connectivity index (χ1v) is 6.39. The molecular formula is C11H14OS2. The number of thiophene rings is 1. The minimum Gasteiger partial charge on any atom is -0.384 e. The van der Waals surface area contributed by atoms with Gasteiger partial charge in [-0.1, -0.05) is 25.7 Å². The van der Waals surface area contributed by atoms with Crippen LogP contribution in [0.1, 0.15) is 23.6 Å². The summed E-state index contributed by atoms with van der Waals surface area (Å²) in [6, 6.07) is 4.13. The van der Waals surface area contributed by atoms with Crippen molar-refractivity contribution in [3.05, 3.63) is 21.9 Å². The van der Waals surface area contributed by atoms with Gasteiger partial charge in [0, 0.05) is 10.6 Å². The number of thioether (sulfide) groups is 1. The third kappa shape index (κ3) is 4.19. The first-order chi connectivity index (χ1) is 6.72. The molecule has 3 heteroatoms. The molecule has 0 aliphatic heterocycles. The molecule has 0 spiro atoms. The Balaban J connectivity index is 2.51. The van der Waals surface area contributed by atoms with Gasteiger partial charge in [0.1, 0.15) is 6.61 Å². The number of aliphatic hydroxyl groups excluding tert-OH is 1. The molecule has 0 radical (unpaired) electrons. The summed E-state index contributed by atoms with van der Waals surface area (Å²) in [6.07, 6.45) is 0. The molecule has 0 saturated carbocycles. The van der Waals surface area contributed by atoms with E-state index in [1.165, 1.54) is 4.88 Å². The van der Waals surface area contributed by atoms with Crippen molar-refractivity contribution < 1.29 is 5.11 Å². The van der Waals surface area contributed by atoms with Gasteiger partial charge in [-0.3, -0.25) is 0 Å². The monoisotopic (exact) mass is 226 g/mol. The third-order valence-electron chi connectivity index (χ3n) is 1.51. The maximum absolute atomic E-state index is 8.54. The molecule has 76 valence electrons. The average molecular weight is 226 g/mol. The maximum atomic E-state index is 8.54. The van der Waals surface area contributed by atoms with E-state index >= 15 is 0 Å². The van der Waals surface area contributed by atoms with E-state index in [-0.39, 0.29) is 6.61 Å². The summed E-state index contributed by atoms with van der Waals surface area (Å²) in [5.74, 6) is 6.62. The highest BCUT2D eigenvalue weighted by Crippen LogP contribution is 2.23. The van der Waals surface area contributed by atoms with Crippen molar-refractivity contribution in [2.75, 3.05) is 6.61 Å². The van der Waals surface area contributed by atoms with Crippen LogP contribution < -0.4 is 0 Å².